The highest BCUT2D eigenvalue weighted by atomic mass is 32.2. The molecule has 0 fully saturated rings. The zero-order chi connectivity index (χ0) is 10.1. The summed E-state index contributed by atoms with van der Waals surface area (Å²) in [4.78, 5) is 0. The Balaban J connectivity index is 3.75. The number of methoxy groups -OCH3 is 1. The number of hydrogen-bond donors (Lipinski definition) is 2. The largest absolute Gasteiger partial charge is 0.392 e. The number of rotatable bonds is 7. The summed E-state index contributed by atoms with van der Waals surface area (Å²) < 4.78 is 5.26. The summed E-state index contributed by atoms with van der Waals surface area (Å²) in [5.74, 6) is 0.942. The molecule has 0 bridgehead atoms. The van der Waals surface area contributed by atoms with E-state index in [1.807, 2.05) is 5.37 Å². The van der Waals surface area contributed by atoms with E-state index in [0.29, 0.717) is 0 Å². The van der Waals surface area contributed by atoms with Gasteiger partial charge in [0.1, 0.15) is 6.23 Å². The van der Waals surface area contributed by atoms with Crippen LogP contribution in [0.4, 0.5) is 0 Å². The Morgan fingerprint density at radius 2 is 2.31 bits per heavy atom. The van der Waals surface area contributed by atoms with Gasteiger partial charge in [0.2, 0.25) is 0 Å². The lowest BCUT2D eigenvalue weighted by Crippen LogP contribution is -2.34. The van der Waals surface area contributed by atoms with Gasteiger partial charge in [0.15, 0.2) is 0 Å². The van der Waals surface area contributed by atoms with Crippen molar-refractivity contribution in [2.24, 2.45) is 0 Å². The predicted molar refractivity (Wildman–Crippen MR) is 60.6 cm³/mol. The van der Waals surface area contributed by atoms with Crippen molar-refractivity contribution in [1.82, 2.24) is 5.32 Å². The van der Waals surface area contributed by atoms with Crippen molar-refractivity contribution in [2.75, 3.05) is 32.3 Å². The van der Waals surface area contributed by atoms with E-state index >= 15 is 0 Å². The van der Waals surface area contributed by atoms with Crippen LogP contribution in [0.25, 0.3) is 0 Å². The molecular formula is C9H21NO2S. The molecule has 0 aliphatic heterocycles. The van der Waals surface area contributed by atoms with Gasteiger partial charge in [-0.1, -0.05) is 6.92 Å². The summed E-state index contributed by atoms with van der Waals surface area (Å²) >= 11 is 0. The molecule has 0 spiro atoms. The Bertz CT molecular complexity index is 151. The summed E-state index contributed by atoms with van der Waals surface area (Å²) in [6.07, 6.45) is 3.34. The molecule has 0 aliphatic rings. The number of ether oxygens (including phenoxy) is 1. The van der Waals surface area contributed by atoms with Gasteiger partial charge in [0.05, 0.1) is 6.61 Å². The monoisotopic (exact) mass is 207 g/mol. The molecule has 13 heavy (non-hydrogen) atoms. The van der Waals surface area contributed by atoms with E-state index in [2.05, 4.69) is 18.5 Å². The normalized spacial score (nSPS) is 16.0. The zero-order valence-corrected chi connectivity index (χ0v) is 9.56. The Morgan fingerprint density at radius 1 is 1.62 bits per heavy atom. The summed E-state index contributed by atoms with van der Waals surface area (Å²) in [5.41, 5.74) is 0. The van der Waals surface area contributed by atoms with Crippen LogP contribution in [0.3, 0.4) is 0 Å². The maximum absolute atomic E-state index is 8.69. The van der Waals surface area contributed by atoms with Crippen LogP contribution in [0, 0.1) is 0 Å². The van der Waals surface area contributed by atoms with Gasteiger partial charge in [0, 0.05) is 12.9 Å². The van der Waals surface area contributed by atoms with Crippen molar-refractivity contribution in [3.8, 4) is 0 Å². The van der Waals surface area contributed by atoms with E-state index in [9.17, 15) is 0 Å². The van der Waals surface area contributed by atoms with Crippen LogP contribution < -0.4 is 5.32 Å². The number of nitrogens with one attached hydrogen (secondary N) is 1. The lowest BCUT2D eigenvalue weighted by Gasteiger charge is -2.17. The second-order valence-electron chi connectivity index (χ2n) is 2.89. The van der Waals surface area contributed by atoms with Crippen molar-refractivity contribution < 1.29 is 9.84 Å². The molecule has 2 N–H and O–H groups in total. The average molecular weight is 207 g/mol. The van der Waals surface area contributed by atoms with E-state index in [0.717, 1.165) is 18.7 Å². The molecule has 0 radical (unpaired) electrons. The molecule has 0 aromatic carbocycles. The Kier molecular flexibility index (Phi) is 8.75. The summed E-state index contributed by atoms with van der Waals surface area (Å²) in [5, 5.41) is 13.9. The van der Waals surface area contributed by atoms with Crippen LogP contribution in [-0.4, -0.2) is 49.0 Å². The highest BCUT2D eigenvalue weighted by molar-refractivity contribution is 8.14. The third-order valence-corrected chi connectivity index (χ3v) is 3.23. The quantitative estimate of drug-likeness (QED) is 0.476. The summed E-state index contributed by atoms with van der Waals surface area (Å²) in [7, 11) is 1.85. The first kappa shape index (κ1) is 13.1. The molecule has 80 valence electrons. The third-order valence-electron chi connectivity index (χ3n) is 1.68. The van der Waals surface area contributed by atoms with Crippen LogP contribution in [0.2, 0.25) is 0 Å². The van der Waals surface area contributed by atoms with Crippen molar-refractivity contribution in [3.63, 3.8) is 0 Å². The molecule has 0 saturated heterocycles. The standard InChI is InChI=1S/C9H21NO2S/c1-4-5-10-9(12-2)8-13(3)7-6-11/h7,9-11H,4-6,8H2,1-3H3. The van der Waals surface area contributed by atoms with Crippen molar-refractivity contribution >= 4 is 15.9 Å². The van der Waals surface area contributed by atoms with E-state index in [1.54, 1.807) is 7.11 Å². The topological polar surface area (TPSA) is 41.5 Å². The Hall–Kier alpha value is 0.100. The van der Waals surface area contributed by atoms with Gasteiger partial charge in [0.25, 0.3) is 0 Å². The lowest BCUT2D eigenvalue weighted by atomic mass is 10.5. The minimum Gasteiger partial charge on any atom is -0.392 e. The second-order valence-corrected chi connectivity index (χ2v) is 4.93. The lowest BCUT2D eigenvalue weighted by molar-refractivity contribution is 0.0936. The first-order chi connectivity index (χ1) is 6.24. The van der Waals surface area contributed by atoms with E-state index in [-0.39, 0.29) is 23.3 Å². The summed E-state index contributed by atoms with van der Waals surface area (Å²) in [6.45, 7) is 3.27. The minimum absolute atomic E-state index is 0.121. The Labute approximate surface area is 83.4 Å². The molecule has 0 aromatic rings. The number of aliphatic hydroxyl groups is 1. The van der Waals surface area contributed by atoms with E-state index < -0.39 is 0 Å². The van der Waals surface area contributed by atoms with Gasteiger partial charge in [-0.2, -0.15) is 10.5 Å². The van der Waals surface area contributed by atoms with Crippen LogP contribution >= 0.6 is 10.5 Å². The molecule has 0 amide bonds. The molecule has 0 aliphatic carbocycles. The maximum atomic E-state index is 8.69. The molecule has 0 saturated carbocycles. The van der Waals surface area contributed by atoms with Crippen molar-refractivity contribution in [3.05, 3.63) is 0 Å². The van der Waals surface area contributed by atoms with Gasteiger partial charge >= 0.3 is 0 Å². The molecule has 0 aromatic heterocycles. The zero-order valence-electron chi connectivity index (χ0n) is 8.75. The molecule has 0 rings (SSSR count). The highest BCUT2D eigenvalue weighted by Crippen LogP contribution is 2.07. The average Bonchev–Trinajstić information content (AvgIpc) is 2.12. The van der Waals surface area contributed by atoms with Crippen LogP contribution in [0.15, 0.2) is 0 Å². The molecule has 0 heterocycles. The molecular weight excluding hydrogens is 186 g/mol. The molecule has 4 heteroatoms. The predicted octanol–water partition coefficient (Wildman–Crippen LogP) is 0.652. The fourth-order valence-corrected chi connectivity index (χ4v) is 2.07. The highest BCUT2D eigenvalue weighted by Gasteiger charge is 2.04. The van der Waals surface area contributed by atoms with Crippen LogP contribution in [0.5, 0.6) is 0 Å². The molecule has 3 nitrogen and oxygen atoms in total. The smallest absolute Gasteiger partial charge is 0.116 e. The summed E-state index contributed by atoms with van der Waals surface area (Å²) in [6, 6.07) is 0. The van der Waals surface area contributed by atoms with E-state index in [4.69, 9.17) is 9.84 Å². The molecule has 2 unspecified atom stereocenters. The molecule has 2 atom stereocenters. The second kappa shape index (κ2) is 8.69. The van der Waals surface area contributed by atoms with Gasteiger partial charge in [-0.15, -0.1) is 0 Å². The fraction of sp³-hybridized carbons (Fsp3) is 0.889. The van der Waals surface area contributed by atoms with Crippen molar-refractivity contribution in [1.29, 1.82) is 0 Å². The van der Waals surface area contributed by atoms with Gasteiger partial charge in [-0.25, -0.2) is 0 Å². The van der Waals surface area contributed by atoms with Gasteiger partial charge in [-0.05, 0) is 24.6 Å². The first-order valence-electron chi connectivity index (χ1n) is 4.56. The van der Waals surface area contributed by atoms with Crippen molar-refractivity contribution in [2.45, 2.75) is 19.6 Å². The number of aliphatic hydroxyl groups excluding tert-OH is 1. The number of hydrogen-bond acceptors (Lipinski definition) is 3. The SMILES string of the molecule is CCCNC(C/S(C)=C/CO)OC. The first-order valence-corrected chi connectivity index (χ1v) is 6.42. The van der Waals surface area contributed by atoms with Gasteiger partial charge < -0.3 is 9.84 Å². The Morgan fingerprint density at radius 3 is 2.77 bits per heavy atom. The van der Waals surface area contributed by atoms with Gasteiger partial charge in [-0.3, -0.25) is 5.32 Å². The third kappa shape index (κ3) is 7.19. The van der Waals surface area contributed by atoms with Crippen LogP contribution in [-0.2, 0) is 4.74 Å². The fourth-order valence-electron chi connectivity index (χ4n) is 0.950. The van der Waals surface area contributed by atoms with Crippen LogP contribution in [0.1, 0.15) is 13.3 Å². The maximum Gasteiger partial charge on any atom is 0.116 e. The minimum atomic E-state index is 0.121. The van der Waals surface area contributed by atoms with E-state index in [1.165, 1.54) is 0 Å².